The van der Waals surface area contributed by atoms with Crippen LogP contribution in [-0.2, 0) is 11.3 Å². The molecule has 2 aromatic carbocycles. The second-order valence-corrected chi connectivity index (χ2v) is 5.33. The maximum absolute atomic E-state index is 12.3. The Bertz CT molecular complexity index is 783. The zero-order chi connectivity index (χ0) is 18.2. The Morgan fingerprint density at radius 2 is 1.80 bits per heavy atom. The summed E-state index contributed by atoms with van der Waals surface area (Å²) < 4.78 is 16.0. The number of hydrogen-bond donors (Lipinski definition) is 0. The first kappa shape index (κ1) is 18.1. The fourth-order valence-electron chi connectivity index (χ4n) is 2.28. The van der Waals surface area contributed by atoms with Crippen LogP contribution in [0.4, 0.5) is 0 Å². The molecular weight excluding hydrogens is 320 g/mol. The predicted molar refractivity (Wildman–Crippen MR) is 92.7 cm³/mol. The maximum Gasteiger partial charge on any atom is 0.260 e. The number of likely N-dealkylation sites (N-methyl/N-ethyl adjacent to an activating group) is 1. The molecule has 0 atom stereocenters. The third kappa shape index (κ3) is 4.64. The molecule has 0 spiro atoms. The number of ether oxygens (including phenoxy) is 3. The first-order valence-electron chi connectivity index (χ1n) is 7.65. The van der Waals surface area contributed by atoms with Crippen molar-refractivity contribution in [3.63, 3.8) is 0 Å². The van der Waals surface area contributed by atoms with E-state index in [2.05, 4.69) is 0 Å². The average Bonchev–Trinajstić information content (AvgIpc) is 2.66. The number of benzene rings is 2. The highest BCUT2D eigenvalue weighted by molar-refractivity contribution is 5.77. The van der Waals surface area contributed by atoms with Crippen LogP contribution >= 0.6 is 0 Å². The zero-order valence-electron chi connectivity index (χ0n) is 14.5. The monoisotopic (exact) mass is 340 g/mol. The quantitative estimate of drug-likeness (QED) is 0.775. The molecule has 1 amide bonds. The SMILES string of the molecule is COc1ccccc1CN(C)C(=O)COc1ccc(C#N)cc1OC. The number of carbonyl (C=O) groups excluding carboxylic acids is 1. The van der Waals surface area contributed by atoms with E-state index < -0.39 is 0 Å². The molecule has 0 unspecified atom stereocenters. The van der Waals surface area contributed by atoms with Gasteiger partial charge in [0.25, 0.3) is 5.91 Å². The van der Waals surface area contributed by atoms with Crippen molar-refractivity contribution in [2.75, 3.05) is 27.9 Å². The lowest BCUT2D eigenvalue weighted by Crippen LogP contribution is -2.31. The van der Waals surface area contributed by atoms with E-state index >= 15 is 0 Å². The van der Waals surface area contributed by atoms with E-state index in [1.165, 1.54) is 7.11 Å². The fourth-order valence-corrected chi connectivity index (χ4v) is 2.28. The van der Waals surface area contributed by atoms with E-state index in [-0.39, 0.29) is 12.5 Å². The molecule has 0 bridgehead atoms. The number of methoxy groups -OCH3 is 2. The lowest BCUT2D eigenvalue weighted by Gasteiger charge is -2.19. The molecule has 2 rings (SSSR count). The van der Waals surface area contributed by atoms with Crippen LogP contribution in [0.25, 0.3) is 0 Å². The summed E-state index contributed by atoms with van der Waals surface area (Å²) in [6.07, 6.45) is 0. The van der Waals surface area contributed by atoms with Crippen molar-refractivity contribution in [1.29, 1.82) is 5.26 Å². The average molecular weight is 340 g/mol. The molecule has 0 aliphatic heterocycles. The zero-order valence-corrected chi connectivity index (χ0v) is 14.5. The Balaban J connectivity index is 1.99. The summed E-state index contributed by atoms with van der Waals surface area (Å²) in [6.45, 7) is 0.282. The number of hydrogen-bond acceptors (Lipinski definition) is 5. The summed E-state index contributed by atoms with van der Waals surface area (Å²) >= 11 is 0. The third-order valence-electron chi connectivity index (χ3n) is 3.67. The van der Waals surface area contributed by atoms with Gasteiger partial charge in [0.2, 0.25) is 0 Å². The Morgan fingerprint density at radius 3 is 2.48 bits per heavy atom. The number of rotatable bonds is 7. The fraction of sp³-hybridized carbons (Fsp3) is 0.263. The molecule has 6 nitrogen and oxygen atoms in total. The van der Waals surface area contributed by atoms with Gasteiger partial charge in [-0.05, 0) is 18.2 Å². The lowest BCUT2D eigenvalue weighted by atomic mass is 10.2. The van der Waals surface area contributed by atoms with Gasteiger partial charge in [0.05, 0.1) is 25.9 Å². The number of amides is 1. The van der Waals surface area contributed by atoms with E-state index in [4.69, 9.17) is 19.5 Å². The van der Waals surface area contributed by atoms with Crippen molar-refractivity contribution in [2.24, 2.45) is 0 Å². The van der Waals surface area contributed by atoms with Gasteiger partial charge in [-0.15, -0.1) is 0 Å². The first-order chi connectivity index (χ1) is 12.1. The molecule has 0 aromatic heterocycles. The molecule has 0 radical (unpaired) electrons. The topological polar surface area (TPSA) is 71.8 Å². The summed E-state index contributed by atoms with van der Waals surface area (Å²) in [4.78, 5) is 13.9. The minimum Gasteiger partial charge on any atom is -0.496 e. The molecular formula is C19H20N2O4. The Kier molecular flexibility index (Phi) is 6.24. The highest BCUT2D eigenvalue weighted by atomic mass is 16.5. The van der Waals surface area contributed by atoms with Gasteiger partial charge in [-0.2, -0.15) is 5.26 Å². The largest absolute Gasteiger partial charge is 0.496 e. The maximum atomic E-state index is 12.3. The van der Waals surface area contributed by atoms with E-state index in [0.29, 0.717) is 23.6 Å². The van der Waals surface area contributed by atoms with Gasteiger partial charge in [-0.1, -0.05) is 18.2 Å². The van der Waals surface area contributed by atoms with Crippen LogP contribution in [0.5, 0.6) is 17.2 Å². The van der Waals surface area contributed by atoms with Crippen LogP contribution in [0.2, 0.25) is 0 Å². The Hall–Kier alpha value is -3.20. The predicted octanol–water partition coefficient (Wildman–Crippen LogP) is 2.61. The summed E-state index contributed by atoms with van der Waals surface area (Å²) in [7, 11) is 4.79. The molecule has 6 heteroatoms. The van der Waals surface area contributed by atoms with Crippen LogP contribution in [-0.4, -0.2) is 38.7 Å². The molecule has 0 saturated heterocycles. The molecule has 0 heterocycles. The van der Waals surface area contributed by atoms with E-state index in [1.54, 1.807) is 37.3 Å². The molecule has 0 aliphatic carbocycles. The van der Waals surface area contributed by atoms with Gasteiger partial charge >= 0.3 is 0 Å². The molecule has 25 heavy (non-hydrogen) atoms. The first-order valence-corrected chi connectivity index (χ1v) is 7.65. The second kappa shape index (κ2) is 8.60. The van der Waals surface area contributed by atoms with Gasteiger partial charge < -0.3 is 19.1 Å². The lowest BCUT2D eigenvalue weighted by molar-refractivity contribution is -0.132. The summed E-state index contributed by atoms with van der Waals surface area (Å²) in [5.74, 6) is 1.38. The molecule has 0 saturated carbocycles. The van der Waals surface area contributed by atoms with Crippen LogP contribution in [0.15, 0.2) is 42.5 Å². The summed E-state index contributed by atoms with van der Waals surface area (Å²) in [5.41, 5.74) is 1.38. The standard InChI is InChI=1S/C19H20N2O4/c1-21(12-15-6-4-5-7-16(15)23-2)19(22)13-25-17-9-8-14(11-20)10-18(17)24-3/h4-10H,12-13H2,1-3H3. The molecule has 130 valence electrons. The minimum atomic E-state index is -0.183. The van der Waals surface area contributed by atoms with Crippen molar-refractivity contribution in [2.45, 2.75) is 6.54 Å². The van der Waals surface area contributed by atoms with E-state index in [1.807, 2.05) is 30.3 Å². The van der Waals surface area contributed by atoms with E-state index in [0.717, 1.165) is 11.3 Å². The molecule has 0 fully saturated rings. The molecule has 2 aromatic rings. The number of carbonyl (C=O) groups is 1. The van der Waals surface area contributed by atoms with Gasteiger partial charge in [0.1, 0.15) is 5.75 Å². The summed E-state index contributed by atoms with van der Waals surface area (Å²) in [6, 6.07) is 14.4. The van der Waals surface area contributed by atoms with Crippen molar-refractivity contribution >= 4 is 5.91 Å². The Morgan fingerprint density at radius 1 is 1.08 bits per heavy atom. The number of nitriles is 1. The minimum absolute atomic E-state index is 0.131. The van der Waals surface area contributed by atoms with Crippen LogP contribution in [0, 0.1) is 11.3 Å². The van der Waals surface area contributed by atoms with E-state index in [9.17, 15) is 4.79 Å². The smallest absolute Gasteiger partial charge is 0.260 e. The summed E-state index contributed by atoms with van der Waals surface area (Å²) in [5, 5.41) is 8.90. The highest BCUT2D eigenvalue weighted by Gasteiger charge is 2.14. The molecule has 0 N–H and O–H groups in total. The van der Waals surface area contributed by atoms with Gasteiger partial charge in [0, 0.05) is 25.2 Å². The normalized spacial score (nSPS) is 9.84. The number of nitrogens with zero attached hydrogens (tertiary/aromatic N) is 2. The second-order valence-electron chi connectivity index (χ2n) is 5.33. The van der Waals surface area contributed by atoms with Crippen molar-refractivity contribution < 1.29 is 19.0 Å². The van der Waals surface area contributed by atoms with Gasteiger partial charge in [-0.25, -0.2) is 0 Å². The third-order valence-corrected chi connectivity index (χ3v) is 3.67. The van der Waals surface area contributed by atoms with Crippen LogP contribution in [0.1, 0.15) is 11.1 Å². The van der Waals surface area contributed by atoms with Crippen molar-refractivity contribution in [1.82, 2.24) is 4.90 Å². The van der Waals surface area contributed by atoms with Crippen molar-refractivity contribution in [3.8, 4) is 23.3 Å². The molecule has 0 aliphatic rings. The van der Waals surface area contributed by atoms with Crippen LogP contribution < -0.4 is 14.2 Å². The van der Waals surface area contributed by atoms with Gasteiger partial charge in [-0.3, -0.25) is 4.79 Å². The Labute approximate surface area is 147 Å². The van der Waals surface area contributed by atoms with Gasteiger partial charge in [0.15, 0.2) is 18.1 Å². The highest BCUT2D eigenvalue weighted by Crippen LogP contribution is 2.28. The number of para-hydroxylation sites is 1. The van der Waals surface area contributed by atoms with Crippen LogP contribution in [0.3, 0.4) is 0 Å². The van der Waals surface area contributed by atoms with Crippen molar-refractivity contribution in [3.05, 3.63) is 53.6 Å².